The molecule has 1 aromatic carbocycles. The number of benzene rings is 1. The number of nitrogens with zero attached hydrogens (tertiary/aromatic N) is 1. The van der Waals surface area contributed by atoms with Crippen molar-refractivity contribution in [1.82, 2.24) is 10.2 Å². The highest BCUT2D eigenvalue weighted by atomic mass is 35.5. The molecule has 0 bridgehead atoms. The third kappa shape index (κ3) is 19.1. The first-order chi connectivity index (χ1) is 21.3. The molecule has 2 N–H and O–H groups in total. The fourth-order valence-electron chi connectivity index (χ4n) is 4.62. The van der Waals surface area contributed by atoms with Crippen molar-refractivity contribution in [3.05, 3.63) is 22.7 Å². The van der Waals surface area contributed by atoms with Gasteiger partial charge in [0.1, 0.15) is 11.5 Å². The summed E-state index contributed by atoms with van der Waals surface area (Å²) in [6.45, 7) is 17.5. The summed E-state index contributed by atoms with van der Waals surface area (Å²) in [7, 11) is 6.36. The minimum absolute atomic E-state index is 0.150. The number of carbonyl (C=O) groups excluding carboxylic acids is 2. The minimum atomic E-state index is 0.150. The van der Waals surface area contributed by atoms with E-state index in [1.54, 1.807) is 40.6 Å². The van der Waals surface area contributed by atoms with Gasteiger partial charge >= 0.3 is 0 Å². The summed E-state index contributed by atoms with van der Waals surface area (Å²) in [6, 6.07) is 3.94. The van der Waals surface area contributed by atoms with E-state index in [1.807, 2.05) is 18.7 Å². The van der Waals surface area contributed by atoms with Crippen molar-refractivity contribution in [3.63, 3.8) is 0 Å². The molecule has 2 rings (SSSR count). The molecule has 3 atom stereocenters. The lowest BCUT2D eigenvalue weighted by atomic mass is 9.88. The summed E-state index contributed by atoms with van der Waals surface area (Å²) in [5, 5.41) is 12.0. The average molecular weight is 656 g/mol. The largest absolute Gasteiger partial charge is 0.496 e. The van der Waals surface area contributed by atoms with Crippen LogP contribution in [0, 0.1) is 16.7 Å². The van der Waals surface area contributed by atoms with Crippen molar-refractivity contribution in [2.24, 2.45) is 11.3 Å². The van der Waals surface area contributed by atoms with Gasteiger partial charge in [-0.3, -0.25) is 9.59 Å². The number of hydrogen-bond donors (Lipinski definition) is 2. The lowest BCUT2D eigenvalue weighted by molar-refractivity contribution is -0.123. The van der Waals surface area contributed by atoms with Gasteiger partial charge in [0.05, 0.1) is 19.2 Å². The number of nitrogens with one attached hydrogen (secondary N) is 2. The van der Waals surface area contributed by atoms with Crippen LogP contribution >= 0.6 is 11.6 Å². The van der Waals surface area contributed by atoms with Gasteiger partial charge in [0, 0.05) is 56.6 Å². The van der Waals surface area contributed by atoms with Gasteiger partial charge in [0.25, 0.3) is 0 Å². The zero-order valence-corrected chi connectivity index (χ0v) is 31.4. The van der Waals surface area contributed by atoms with Crippen LogP contribution in [0.1, 0.15) is 125 Å². The number of unbranched alkanes of at least 4 members (excludes halogenated alkanes) is 5. The van der Waals surface area contributed by atoms with Gasteiger partial charge in [-0.15, -0.1) is 0 Å². The Morgan fingerprint density at radius 2 is 1.60 bits per heavy atom. The normalized spacial score (nSPS) is 16.3. The van der Waals surface area contributed by atoms with Crippen molar-refractivity contribution in [2.75, 3.05) is 35.0 Å². The van der Waals surface area contributed by atoms with Crippen LogP contribution in [0.2, 0.25) is 5.02 Å². The fourth-order valence-corrected chi connectivity index (χ4v) is 4.86. The van der Waals surface area contributed by atoms with Gasteiger partial charge < -0.3 is 29.8 Å². The topological polar surface area (TPSA) is 101 Å². The van der Waals surface area contributed by atoms with Crippen molar-refractivity contribution >= 4 is 29.6 Å². The number of halogens is 1. The smallest absolute Gasteiger partial charge is 0.220 e. The Balaban J connectivity index is 0. The molecule has 9 heteroatoms. The number of hydrogen-bond acceptors (Lipinski definition) is 6. The van der Waals surface area contributed by atoms with Crippen LogP contribution in [-0.4, -0.2) is 70.0 Å². The van der Waals surface area contributed by atoms with Crippen LogP contribution in [0.25, 0.3) is 0 Å². The van der Waals surface area contributed by atoms with Crippen LogP contribution in [0.5, 0.6) is 11.5 Å². The van der Waals surface area contributed by atoms with E-state index < -0.39 is 0 Å². The predicted octanol–water partition coefficient (Wildman–Crippen LogP) is 8.95. The van der Waals surface area contributed by atoms with Gasteiger partial charge in [-0.1, -0.05) is 85.2 Å². The molecule has 1 heterocycles. The Morgan fingerprint density at radius 1 is 1.04 bits per heavy atom. The molecule has 0 saturated carbocycles. The SMILES string of the molecule is CC.CCCCCCCCC(=O)NC(C)C(C)(C)C.COC.COc1cc(OC)c(C(=N)CC2CCC(C)N(C=O)C2)cc1Cl. The molecule has 2 amide bonds. The molecule has 0 spiro atoms. The van der Waals surface area contributed by atoms with E-state index in [2.05, 4.69) is 51.6 Å². The number of methoxy groups -OCH3 is 3. The van der Waals surface area contributed by atoms with E-state index in [9.17, 15) is 9.59 Å². The predicted molar refractivity (Wildman–Crippen MR) is 190 cm³/mol. The summed E-state index contributed by atoms with van der Waals surface area (Å²) in [5.74, 6) is 1.60. The van der Waals surface area contributed by atoms with Gasteiger partial charge in [-0.25, -0.2) is 0 Å². The molecule has 1 aliphatic heterocycles. The van der Waals surface area contributed by atoms with Crippen LogP contribution in [0.4, 0.5) is 0 Å². The molecule has 45 heavy (non-hydrogen) atoms. The van der Waals surface area contributed by atoms with Crippen molar-refractivity contribution in [1.29, 1.82) is 5.41 Å². The summed E-state index contributed by atoms with van der Waals surface area (Å²) in [4.78, 5) is 24.6. The zero-order valence-electron chi connectivity index (χ0n) is 30.6. The van der Waals surface area contributed by atoms with Gasteiger partial charge in [0.2, 0.25) is 12.3 Å². The lowest BCUT2D eigenvalue weighted by Gasteiger charge is -2.35. The third-order valence-corrected chi connectivity index (χ3v) is 8.18. The lowest BCUT2D eigenvalue weighted by Crippen LogP contribution is -2.41. The summed E-state index contributed by atoms with van der Waals surface area (Å²) >= 11 is 6.18. The Kier molecular flexibility index (Phi) is 25.7. The molecule has 1 aromatic rings. The van der Waals surface area contributed by atoms with E-state index in [1.165, 1.54) is 32.1 Å². The second-order valence-corrected chi connectivity index (χ2v) is 13.0. The van der Waals surface area contributed by atoms with Crippen molar-refractivity contribution in [3.8, 4) is 11.5 Å². The number of piperidine rings is 1. The van der Waals surface area contributed by atoms with E-state index in [0.29, 0.717) is 47.2 Å². The van der Waals surface area contributed by atoms with Crippen LogP contribution in [0.15, 0.2) is 12.1 Å². The molecule has 262 valence electrons. The summed E-state index contributed by atoms with van der Waals surface area (Å²) < 4.78 is 14.8. The summed E-state index contributed by atoms with van der Waals surface area (Å²) in [5.41, 5.74) is 1.29. The Bertz CT molecular complexity index is 951. The van der Waals surface area contributed by atoms with Gasteiger partial charge in [0.15, 0.2) is 0 Å². The minimum Gasteiger partial charge on any atom is -0.496 e. The maximum absolute atomic E-state index is 11.7. The number of carbonyl (C=O) groups is 2. The molecular formula is C36H66ClN3O5. The van der Waals surface area contributed by atoms with E-state index in [0.717, 1.165) is 25.7 Å². The first-order valence-corrected chi connectivity index (χ1v) is 17.1. The van der Waals surface area contributed by atoms with Crippen LogP contribution in [-0.2, 0) is 14.3 Å². The van der Waals surface area contributed by atoms with Crippen LogP contribution < -0.4 is 14.8 Å². The number of ether oxygens (including phenoxy) is 3. The zero-order chi connectivity index (χ0) is 35.0. The fraction of sp³-hybridized carbons (Fsp3) is 0.750. The van der Waals surface area contributed by atoms with E-state index >= 15 is 0 Å². The highest BCUT2D eigenvalue weighted by molar-refractivity contribution is 6.32. The standard InChI is InChI=1S/C17H23ClN2O3.C15H31NO.C2H6O.C2H6/c1-11-4-5-12(9-20(11)10-21)6-15(19)13-7-14(18)17(23-3)8-16(13)22-2;1-6-7-8-9-10-11-12-14(17)16-13(2)15(3,4)5;1-3-2;1-2/h7-8,10-12,19H,4-6,9H2,1-3H3;13H,6-12H2,1-5H3,(H,16,17);1-2H3;1-2H3. The summed E-state index contributed by atoms with van der Waals surface area (Å²) in [6.07, 6.45) is 11.6. The second-order valence-electron chi connectivity index (χ2n) is 12.5. The highest BCUT2D eigenvalue weighted by Crippen LogP contribution is 2.34. The number of amides is 2. The maximum atomic E-state index is 11.7. The average Bonchev–Trinajstić information content (AvgIpc) is 3.00. The van der Waals surface area contributed by atoms with Gasteiger partial charge in [-0.2, -0.15) is 0 Å². The second kappa shape index (κ2) is 25.8. The number of likely N-dealkylation sites (tertiary alicyclic amines) is 1. The quantitative estimate of drug-likeness (QED) is 0.118. The number of rotatable bonds is 14. The Labute approximate surface area is 280 Å². The first-order valence-electron chi connectivity index (χ1n) is 16.7. The molecule has 1 saturated heterocycles. The molecule has 8 nitrogen and oxygen atoms in total. The monoisotopic (exact) mass is 655 g/mol. The maximum Gasteiger partial charge on any atom is 0.220 e. The van der Waals surface area contributed by atoms with Crippen molar-refractivity contribution in [2.45, 2.75) is 132 Å². The molecule has 3 unspecified atom stereocenters. The first kappa shape index (κ1) is 44.8. The molecular weight excluding hydrogens is 590 g/mol. The Hall–Kier alpha value is -2.32. The third-order valence-electron chi connectivity index (χ3n) is 7.89. The molecule has 1 fully saturated rings. The molecule has 0 radical (unpaired) electrons. The van der Waals surface area contributed by atoms with Crippen LogP contribution in [0.3, 0.4) is 0 Å². The van der Waals surface area contributed by atoms with Gasteiger partial charge in [-0.05, 0) is 56.9 Å². The molecule has 1 aliphatic rings. The van der Waals surface area contributed by atoms with E-state index in [-0.39, 0.29) is 29.3 Å². The highest BCUT2D eigenvalue weighted by Gasteiger charge is 2.26. The van der Waals surface area contributed by atoms with Crippen molar-refractivity contribution < 1.29 is 23.8 Å². The molecule has 0 aliphatic carbocycles. The van der Waals surface area contributed by atoms with E-state index in [4.69, 9.17) is 26.5 Å². The Morgan fingerprint density at radius 3 is 2.11 bits per heavy atom. The molecule has 0 aromatic heterocycles.